The highest BCUT2D eigenvalue weighted by atomic mass is 15.1. The normalized spacial score (nSPS) is 12.9. The first-order chi connectivity index (χ1) is 7.26. The van der Waals surface area contributed by atoms with Gasteiger partial charge in [0.25, 0.3) is 0 Å². The summed E-state index contributed by atoms with van der Waals surface area (Å²) in [5, 5.41) is 0. The van der Waals surface area contributed by atoms with Gasteiger partial charge in [-0.1, -0.05) is 6.92 Å². The summed E-state index contributed by atoms with van der Waals surface area (Å²) in [7, 11) is 0. The van der Waals surface area contributed by atoms with E-state index in [1.807, 2.05) is 24.5 Å². The lowest BCUT2D eigenvalue weighted by Gasteiger charge is -2.11. The van der Waals surface area contributed by atoms with E-state index in [0.29, 0.717) is 6.04 Å². The molecule has 0 aliphatic carbocycles. The number of imidazole rings is 1. The lowest BCUT2D eigenvalue weighted by atomic mass is 10.2. The van der Waals surface area contributed by atoms with E-state index < -0.39 is 0 Å². The van der Waals surface area contributed by atoms with Gasteiger partial charge in [0.15, 0.2) is 0 Å². The molecule has 0 amide bonds. The lowest BCUT2D eigenvalue weighted by Crippen LogP contribution is -2.01. The van der Waals surface area contributed by atoms with E-state index in [1.54, 1.807) is 0 Å². The number of aliphatic imine (C=N–C) groups is 1. The van der Waals surface area contributed by atoms with Gasteiger partial charge >= 0.3 is 0 Å². The number of fused-ring (bicyclic) bond motifs is 1. The molecule has 1 aromatic heterocycles. The molecule has 1 atom stereocenters. The molecule has 0 N–H and O–H groups in total. The van der Waals surface area contributed by atoms with Crippen molar-refractivity contribution in [2.75, 3.05) is 0 Å². The fraction of sp³-hybridized carbons (Fsp3) is 0.333. The van der Waals surface area contributed by atoms with E-state index in [0.717, 1.165) is 23.1 Å². The Morgan fingerprint density at radius 2 is 2.33 bits per heavy atom. The first-order valence-corrected chi connectivity index (χ1v) is 5.19. The van der Waals surface area contributed by atoms with Gasteiger partial charge in [0.2, 0.25) is 0 Å². The highest BCUT2D eigenvalue weighted by Crippen LogP contribution is 2.23. The Bertz CT molecular complexity index is 485. The second-order valence-corrected chi connectivity index (χ2v) is 3.74. The highest BCUT2D eigenvalue weighted by Gasteiger charge is 2.07. The van der Waals surface area contributed by atoms with Crippen molar-refractivity contribution in [3.63, 3.8) is 0 Å². The van der Waals surface area contributed by atoms with Crippen LogP contribution in [-0.4, -0.2) is 16.3 Å². The van der Waals surface area contributed by atoms with Crippen LogP contribution in [0.3, 0.4) is 0 Å². The standard InChI is InChI=1S/C12H15N3/c1-4-9(2)15-8-14-11-6-5-10(13-3)7-12(11)15/h5-9H,3-4H2,1-2H3. The minimum atomic E-state index is 0.468. The molecule has 0 fully saturated rings. The Labute approximate surface area is 89.5 Å². The number of hydrogen-bond acceptors (Lipinski definition) is 2. The van der Waals surface area contributed by atoms with Crippen LogP contribution in [0.5, 0.6) is 0 Å². The molecule has 3 nitrogen and oxygen atoms in total. The topological polar surface area (TPSA) is 30.2 Å². The molecule has 0 bridgehead atoms. The molecule has 78 valence electrons. The number of rotatable bonds is 3. The Balaban J connectivity index is 2.60. The van der Waals surface area contributed by atoms with Crippen LogP contribution in [-0.2, 0) is 0 Å². The van der Waals surface area contributed by atoms with Crippen LogP contribution in [0.15, 0.2) is 29.5 Å². The molecule has 0 radical (unpaired) electrons. The first-order valence-electron chi connectivity index (χ1n) is 5.19. The summed E-state index contributed by atoms with van der Waals surface area (Å²) in [6.45, 7) is 7.90. The molecule has 0 saturated heterocycles. The van der Waals surface area contributed by atoms with Gasteiger partial charge < -0.3 is 4.57 Å². The van der Waals surface area contributed by atoms with Crippen LogP contribution in [0.4, 0.5) is 5.69 Å². The van der Waals surface area contributed by atoms with E-state index in [9.17, 15) is 0 Å². The van der Waals surface area contributed by atoms with Crippen molar-refractivity contribution >= 4 is 23.4 Å². The minimum absolute atomic E-state index is 0.468. The molecule has 0 spiro atoms. The lowest BCUT2D eigenvalue weighted by molar-refractivity contribution is 0.544. The van der Waals surface area contributed by atoms with E-state index in [-0.39, 0.29) is 0 Å². The fourth-order valence-electron chi connectivity index (χ4n) is 1.66. The summed E-state index contributed by atoms with van der Waals surface area (Å²) < 4.78 is 2.18. The summed E-state index contributed by atoms with van der Waals surface area (Å²) in [6, 6.07) is 6.42. The van der Waals surface area contributed by atoms with Gasteiger partial charge in [0, 0.05) is 6.04 Å². The van der Waals surface area contributed by atoms with Crippen LogP contribution in [0.2, 0.25) is 0 Å². The molecule has 15 heavy (non-hydrogen) atoms. The molecule has 2 rings (SSSR count). The summed E-state index contributed by atoms with van der Waals surface area (Å²) in [5.74, 6) is 0. The van der Waals surface area contributed by atoms with Crippen molar-refractivity contribution in [3.8, 4) is 0 Å². The third kappa shape index (κ3) is 1.65. The zero-order valence-corrected chi connectivity index (χ0v) is 9.14. The van der Waals surface area contributed by atoms with Gasteiger partial charge in [0.1, 0.15) is 0 Å². The van der Waals surface area contributed by atoms with Crippen molar-refractivity contribution in [1.29, 1.82) is 0 Å². The van der Waals surface area contributed by atoms with E-state index in [4.69, 9.17) is 0 Å². The predicted molar refractivity (Wildman–Crippen MR) is 63.9 cm³/mol. The van der Waals surface area contributed by atoms with Crippen LogP contribution < -0.4 is 0 Å². The molecule has 0 saturated carbocycles. The van der Waals surface area contributed by atoms with Gasteiger partial charge in [-0.15, -0.1) is 0 Å². The molecule has 3 heteroatoms. The third-order valence-electron chi connectivity index (χ3n) is 2.81. The van der Waals surface area contributed by atoms with Gasteiger partial charge in [-0.25, -0.2) is 4.98 Å². The Kier molecular flexibility index (Phi) is 2.54. The quantitative estimate of drug-likeness (QED) is 0.700. The number of hydrogen-bond donors (Lipinski definition) is 0. The molecule has 1 heterocycles. The van der Waals surface area contributed by atoms with Crippen molar-refractivity contribution in [1.82, 2.24) is 9.55 Å². The maximum absolute atomic E-state index is 4.36. The maximum Gasteiger partial charge on any atom is 0.0960 e. The Morgan fingerprint density at radius 1 is 1.53 bits per heavy atom. The fourth-order valence-corrected chi connectivity index (χ4v) is 1.66. The second-order valence-electron chi connectivity index (χ2n) is 3.74. The van der Waals surface area contributed by atoms with E-state index in [2.05, 4.69) is 35.1 Å². The summed E-state index contributed by atoms with van der Waals surface area (Å²) in [6.07, 6.45) is 2.99. The van der Waals surface area contributed by atoms with Gasteiger partial charge in [-0.2, -0.15) is 0 Å². The molecule has 0 aliphatic heterocycles. The van der Waals surface area contributed by atoms with Crippen molar-refractivity contribution < 1.29 is 0 Å². The molecule has 0 aliphatic rings. The predicted octanol–water partition coefficient (Wildman–Crippen LogP) is 3.34. The van der Waals surface area contributed by atoms with Gasteiger partial charge in [-0.3, -0.25) is 4.99 Å². The third-order valence-corrected chi connectivity index (χ3v) is 2.81. The van der Waals surface area contributed by atoms with E-state index >= 15 is 0 Å². The SMILES string of the molecule is C=Nc1ccc2ncn(C(C)CC)c2c1. The smallest absolute Gasteiger partial charge is 0.0960 e. The second kappa shape index (κ2) is 3.85. The van der Waals surface area contributed by atoms with Crippen LogP contribution in [0.25, 0.3) is 11.0 Å². The van der Waals surface area contributed by atoms with Crippen LogP contribution >= 0.6 is 0 Å². The van der Waals surface area contributed by atoms with Gasteiger partial charge in [0.05, 0.1) is 23.0 Å². The van der Waals surface area contributed by atoms with Gasteiger partial charge in [-0.05, 0) is 38.3 Å². The maximum atomic E-state index is 4.36. The van der Waals surface area contributed by atoms with E-state index in [1.165, 1.54) is 0 Å². The van der Waals surface area contributed by atoms with Crippen molar-refractivity contribution in [2.45, 2.75) is 26.3 Å². The summed E-state index contributed by atoms with van der Waals surface area (Å²) in [5.41, 5.74) is 3.05. The number of aromatic nitrogens is 2. The monoisotopic (exact) mass is 201 g/mol. The zero-order valence-electron chi connectivity index (χ0n) is 9.14. The number of benzene rings is 1. The Morgan fingerprint density at radius 3 is 3.00 bits per heavy atom. The number of nitrogens with zero attached hydrogens (tertiary/aromatic N) is 3. The summed E-state index contributed by atoms with van der Waals surface area (Å²) >= 11 is 0. The molecule has 1 aromatic carbocycles. The van der Waals surface area contributed by atoms with Crippen molar-refractivity contribution in [2.24, 2.45) is 4.99 Å². The van der Waals surface area contributed by atoms with Crippen LogP contribution in [0, 0.1) is 0 Å². The highest BCUT2D eigenvalue weighted by molar-refractivity contribution is 5.79. The average molecular weight is 201 g/mol. The summed E-state index contributed by atoms with van der Waals surface area (Å²) in [4.78, 5) is 8.30. The Hall–Kier alpha value is -1.64. The molecular formula is C12H15N3. The first kappa shape index (κ1) is 9.90. The molecule has 2 aromatic rings. The average Bonchev–Trinajstić information content (AvgIpc) is 2.70. The van der Waals surface area contributed by atoms with Crippen LogP contribution in [0.1, 0.15) is 26.3 Å². The largest absolute Gasteiger partial charge is 0.328 e. The molecular weight excluding hydrogens is 186 g/mol. The molecule has 1 unspecified atom stereocenters. The van der Waals surface area contributed by atoms with Crippen molar-refractivity contribution in [3.05, 3.63) is 24.5 Å². The minimum Gasteiger partial charge on any atom is -0.328 e. The zero-order chi connectivity index (χ0) is 10.8.